The molecule has 0 aliphatic rings. The van der Waals surface area contributed by atoms with Gasteiger partial charge in [-0.15, -0.1) is 0 Å². The van der Waals surface area contributed by atoms with Crippen molar-refractivity contribution in [2.24, 2.45) is 0 Å². The van der Waals surface area contributed by atoms with E-state index in [-0.39, 0.29) is 98.5 Å². The summed E-state index contributed by atoms with van der Waals surface area (Å²) in [6.45, 7) is 1.94. The molecule has 0 aromatic carbocycles. The maximum absolute atomic E-state index is 8.89. The molecule has 0 bridgehead atoms. The number of carbonyl (C=O) groups is 2. The first-order chi connectivity index (χ1) is 3.46. The molecule has 4 nitrogen and oxygen atoms in total. The van der Waals surface area contributed by atoms with Crippen LogP contribution in [-0.2, 0) is 9.59 Å². The normalized spacial score (nSPS) is 5.00. The molecule has 0 heterocycles. The molecule has 0 atom stereocenters. The van der Waals surface area contributed by atoms with Gasteiger partial charge in [0.05, 0.1) is 0 Å². The monoisotopic (exact) mass is 274 g/mol. The third-order valence-electron chi connectivity index (χ3n) is 0. The summed E-state index contributed by atoms with van der Waals surface area (Å²) in [5, 5.41) is 17.8. The number of rotatable bonds is 0. The maximum Gasteiger partial charge on any atom is 1.00 e. The van der Waals surface area contributed by atoms with E-state index in [2.05, 4.69) is 0 Å². The first-order valence-corrected chi connectivity index (χ1v) is 1.82. The minimum absolute atomic E-state index is 0. The standard InChI is InChI=1S/2C2H4O2.Cs.Na/c2*1-2(3)4;;/h2*1H3,(H,3,4);;/q;;2*+1/p-2. The van der Waals surface area contributed by atoms with Crippen molar-refractivity contribution in [1.82, 2.24) is 0 Å². The molecule has 0 N–H and O–H groups in total. The Balaban J connectivity index is -0.0000000300. The van der Waals surface area contributed by atoms with E-state index in [0.717, 1.165) is 13.8 Å². The van der Waals surface area contributed by atoms with E-state index < -0.39 is 11.9 Å². The first kappa shape index (κ1) is 22.7. The van der Waals surface area contributed by atoms with Crippen LogP contribution in [-0.4, -0.2) is 11.9 Å². The molecule has 0 fully saturated rings. The van der Waals surface area contributed by atoms with E-state index in [9.17, 15) is 0 Å². The molecule has 0 radical (unpaired) electrons. The Morgan fingerprint density at radius 1 is 1.00 bits per heavy atom. The molecule has 0 aliphatic heterocycles. The van der Waals surface area contributed by atoms with Gasteiger partial charge in [-0.2, -0.15) is 0 Å². The zero-order chi connectivity index (χ0) is 7.15. The molecule has 0 saturated heterocycles. The van der Waals surface area contributed by atoms with E-state index in [1.807, 2.05) is 0 Å². The van der Waals surface area contributed by atoms with E-state index in [4.69, 9.17) is 19.8 Å². The van der Waals surface area contributed by atoms with Gasteiger partial charge in [0.2, 0.25) is 0 Å². The van der Waals surface area contributed by atoms with Gasteiger partial charge in [0, 0.05) is 11.9 Å². The maximum atomic E-state index is 8.89. The zero-order valence-electron chi connectivity index (χ0n) is 6.63. The Labute approximate surface area is 140 Å². The van der Waals surface area contributed by atoms with Crippen LogP contribution >= 0.6 is 0 Å². The Morgan fingerprint density at radius 3 is 1.00 bits per heavy atom. The predicted molar refractivity (Wildman–Crippen MR) is 21.4 cm³/mol. The third kappa shape index (κ3) is 204. The van der Waals surface area contributed by atoms with Gasteiger partial charge in [0.25, 0.3) is 0 Å². The Bertz CT molecular complexity index is 75.3. The van der Waals surface area contributed by atoms with Gasteiger partial charge in [-0.1, -0.05) is 0 Å². The summed E-state index contributed by atoms with van der Waals surface area (Å²) in [6, 6.07) is 0. The van der Waals surface area contributed by atoms with Crippen molar-refractivity contribution in [1.29, 1.82) is 0 Å². The summed E-state index contributed by atoms with van der Waals surface area (Å²) in [6.07, 6.45) is 0. The summed E-state index contributed by atoms with van der Waals surface area (Å²) in [5.74, 6) is -2.17. The van der Waals surface area contributed by atoms with Crippen LogP contribution in [0.15, 0.2) is 0 Å². The second-order valence-corrected chi connectivity index (χ2v) is 0.983. The minimum Gasteiger partial charge on any atom is -0.550 e. The number of carboxylic acid groups (broad SMARTS) is 2. The van der Waals surface area contributed by atoms with Crippen LogP contribution in [0.4, 0.5) is 0 Å². The average molecular weight is 274 g/mol. The summed E-state index contributed by atoms with van der Waals surface area (Å²) in [7, 11) is 0. The summed E-state index contributed by atoms with van der Waals surface area (Å²) in [5.41, 5.74) is 0. The number of carbonyl (C=O) groups excluding carboxylic acids is 2. The number of aliphatic carboxylic acids is 2. The number of carboxylic acids is 2. The summed E-state index contributed by atoms with van der Waals surface area (Å²) < 4.78 is 0. The van der Waals surface area contributed by atoms with Crippen molar-refractivity contribution in [3.05, 3.63) is 0 Å². The molecule has 0 spiro atoms. The van der Waals surface area contributed by atoms with Crippen LogP contribution in [0.5, 0.6) is 0 Å². The minimum atomic E-state index is -1.08. The molecule has 0 unspecified atom stereocenters. The number of hydrogen-bond acceptors (Lipinski definition) is 4. The van der Waals surface area contributed by atoms with Crippen LogP contribution < -0.4 is 109 Å². The zero-order valence-corrected chi connectivity index (χ0v) is 14.9. The van der Waals surface area contributed by atoms with Crippen LogP contribution in [0.1, 0.15) is 13.8 Å². The number of hydrogen-bond donors (Lipinski definition) is 0. The SMILES string of the molecule is CC(=O)[O-].CC(=O)[O-].[Cs+].[Na+]. The molecule has 0 aromatic rings. The quantitative estimate of drug-likeness (QED) is 0.411. The molecule has 48 valence electrons. The van der Waals surface area contributed by atoms with Gasteiger partial charge in [0.15, 0.2) is 0 Å². The van der Waals surface area contributed by atoms with E-state index in [0.29, 0.717) is 0 Å². The van der Waals surface area contributed by atoms with Gasteiger partial charge < -0.3 is 19.8 Å². The summed E-state index contributed by atoms with van der Waals surface area (Å²) in [4.78, 5) is 17.8. The van der Waals surface area contributed by atoms with E-state index >= 15 is 0 Å². The van der Waals surface area contributed by atoms with Crippen molar-refractivity contribution in [2.75, 3.05) is 0 Å². The van der Waals surface area contributed by atoms with Crippen molar-refractivity contribution in [2.45, 2.75) is 13.8 Å². The topological polar surface area (TPSA) is 80.3 Å². The van der Waals surface area contributed by atoms with Gasteiger partial charge in [-0.3, -0.25) is 0 Å². The molecular weight excluding hydrogens is 268 g/mol. The van der Waals surface area contributed by atoms with Crippen LogP contribution in [0.3, 0.4) is 0 Å². The van der Waals surface area contributed by atoms with Gasteiger partial charge in [-0.05, 0) is 13.8 Å². The fourth-order valence-corrected chi connectivity index (χ4v) is 0. The average Bonchev–Trinajstić information content (AvgIpc) is 1.25. The molecule has 0 saturated carbocycles. The van der Waals surface area contributed by atoms with Crippen LogP contribution in [0.2, 0.25) is 0 Å². The molecule has 6 heteroatoms. The first-order valence-electron chi connectivity index (χ1n) is 1.82. The second-order valence-electron chi connectivity index (χ2n) is 0.983. The molecule has 10 heavy (non-hydrogen) atoms. The van der Waals surface area contributed by atoms with Gasteiger partial charge in [-0.25, -0.2) is 0 Å². The predicted octanol–water partition coefficient (Wildman–Crippen LogP) is -8.48. The smallest absolute Gasteiger partial charge is 0.550 e. The molecule has 0 aliphatic carbocycles. The Morgan fingerprint density at radius 2 is 1.00 bits per heavy atom. The molecule has 0 rings (SSSR count). The fourth-order valence-electron chi connectivity index (χ4n) is 0. The Hall–Kier alpha value is 1.99. The van der Waals surface area contributed by atoms with Crippen molar-refractivity contribution in [3.63, 3.8) is 0 Å². The van der Waals surface area contributed by atoms with Crippen molar-refractivity contribution < 1.29 is 118 Å². The van der Waals surface area contributed by atoms with Crippen molar-refractivity contribution >= 4 is 11.9 Å². The van der Waals surface area contributed by atoms with E-state index in [1.54, 1.807) is 0 Å². The molecular formula is C4H6CsNaO4. The second kappa shape index (κ2) is 17.2. The fraction of sp³-hybridized carbons (Fsp3) is 0.500. The molecule has 0 aromatic heterocycles. The van der Waals surface area contributed by atoms with Crippen LogP contribution in [0, 0.1) is 0 Å². The Kier molecular flexibility index (Phi) is 39.0. The van der Waals surface area contributed by atoms with Gasteiger partial charge >= 0.3 is 98.5 Å². The third-order valence-corrected chi connectivity index (χ3v) is 0. The van der Waals surface area contributed by atoms with Crippen molar-refractivity contribution in [3.8, 4) is 0 Å². The largest absolute Gasteiger partial charge is 1.00 e. The molecule has 0 amide bonds. The van der Waals surface area contributed by atoms with Crippen LogP contribution in [0.25, 0.3) is 0 Å². The summed E-state index contributed by atoms with van der Waals surface area (Å²) >= 11 is 0. The van der Waals surface area contributed by atoms with E-state index in [1.165, 1.54) is 0 Å². The van der Waals surface area contributed by atoms with Gasteiger partial charge in [0.1, 0.15) is 0 Å².